The number of hydrogen-bond donors (Lipinski definition) is 2. The van der Waals surface area contributed by atoms with Crippen molar-refractivity contribution in [3.05, 3.63) is 24.4 Å². The highest BCUT2D eigenvalue weighted by molar-refractivity contribution is 7.98. The van der Waals surface area contributed by atoms with Crippen molar-refractivity contribution >= 4 is 28.8 Å². The number of carboxylic acid groups (broad SMARTS) is 1. The summed E-state index contributed by atoms with van der Waals surface area (Å²) < 4.78 is 6.39. The molecule has 0 aliphatic carbocycles. The molecule has 0 radical (unpaired) electrons. The molecule has 0 bridgehead atoms. The van der Waals surface area contributed by atoms with Crippen molar-refractivity contribution in [2.24, 2.45) is 0 Å². The van der Waals surface area contributed by atoms with Crippen LogP contribution in [0.4, 0.5) is 0 Å². The Morgan fingerprint density at radius 3 is 3.00 bits per heavy atom. The fourth-order valence-electron chi connectivity index (χ4n) is 1.31. The van der Waals surface area contributed by atoms with Gasteiger partial charge in [0.25, 0.3) is 0 Å². The lowest BCUT2D eigenvalue weighted by Gasteiger charge is -2.02. The zero-order valence-corrected chi connectivity index (χ0v) is 9.72. The minimum absolute atomic E-state index is 0.695. The molecule has 0 amide bonds. The van der Waals surface area contributed by atoms with E-state index in [0.717, 1.165) is 5.39 Å². The maximum atomic E-state index is 10.5. The number of benzene rings is 1. The second-order valence-electron chi connectivity index (χ2n) is 3.25. The van der Waals surface area contributed by atoms with E-state index in [4.69, 9.17) is 9.84 Å². The van der Waals surface area contributed by atoms with E-state index in [1.165, 1.54) is 4.09 Å². The van der Waals surface area contributed by atoms with E-state index in [0.29, 0.717) is 23.2 Å². The molecule has 1 aromatic heterocycles. The average molecular weight is 254 g/mol. The van der Waals surface area contributed by atoms with E-state index in [9.17, 15) is 9.90 Å². The predicted octanol–water partition coefficient (Wildman–Crippen LogP) is 0.944. The minimum Gasteiger partial charge on any atom is -0.497 e. The minimum atomic E-state index is -1.54. The molecule has 0 spiro atoms. The van der Waals surface area contributed by atoms with Gasteiger partial charge in [-0.3, -0.25) is 0 Å². The van der Waals surface area contributed by atoms with E-state index in [2.05, 4.69) is 5.10 Å². The summed E-state index contributed by atoms with van der Waals surface area (Å²) in [6.07, 6.45) is 1.63. The monoisotopic (exact) mass is 254 g/mol. The highest BCUT2D eigenvalue weighted by Crippen LogP contribution is 2.22. The summed E-state index contributed by atoms with van der Waals surface area (Å²) in [5, 5.41) is 22.7. The van der Waals surface area contributed by atoms with E-state index in [-0.39, 0.29) is 0 Å². The lowest BCUT2D eigenvalue weighted by Crippen LogP contribution is -2.16. The molecule has 1 atom stereocenters. The fourth-order valence-corrected chi connectivity index (χ4v) is 1.91. The molecule has 17 heavy (non-hydrogen) atoms. The van der Waals surface area contributed by atoms with E-state index >= 15 is 0 Å². The van der Waals surface area contributed by atoms with Crippen LogP contribution in [-0.2, 0) is 4.79 Å². The number of aliphatic carboxylic acids is 1. The van der Waals surface area contributed by atoms with Gasteiger partial charge in [0, 0.05) is 23.5 Å². The molecule has 0 saturated heterocycles. The molecule has 0 saturated carbocycles. The van der Waals surface area contributed by atoms with Gasteiger partial charge in [-0.25, -0.2) is 8.88 Å². The van der Waals surface area contributed by atoms with Crippen LogP contribution in [0.1, 0.15) is 0 Å². The zero-order valence-electron chi connectivity index (χ0n) is 8.90. The van der Waals surface area contributed by atoms with Crippen LogP contribution in [0.5, 0.6) is 5.75 Å². The predicted molar refractivity (Wildman–Crippen MR) is 62.9 cm³/mol. The molecule has 0 fully saturated rings. The van der Waals surface area contributed by atoms with Gasteiger partial charge in [-0.05, 0) is 18.2 Å². The normalized spacial score (nSPS) is 12.6. The van der Waals surface area contributed by atoms with Crippen molar-refractivity contribution in [3.63, 3.8) is 0 Å². The van der Waals surface area contributed by atoms with Crippen molar-refractivity contribution in [2.75, 3.05) is 7.11 Å². The van der Waals surface area contributed by atoms with Crippen molar-refractivity contribution < 1.29 is 19.7 Å². The molecule has 0 aliphatic heterocycles. The summed E-state index contributed by atoms with van der Waals surface area (Å²) in [5.74, 6) is -0.604. The van der Waals surface area contributed by atoms with Gasteiger partial charge in [0.05, 0.1) is 12.6 Å². The van der Waals surface area contributed by atoms with Crippen LogP contribution < -0.4 is 4.74 Å². The largest absolute Gasteiger partial charge is 0.497 e. The third-order valence-electron chi connectivity index (χ3n) is 2.11. The van der Waals surface area contributed by atoms with Crippen LogP contribution >= 0.6 is 11.9 Å². The number of aliphatic hydroxyl groups is 1. The molecule has 1 heterocycles. The van der Waals surface area contributed by atoms with E-state index in [1.807, 2.05) is 0 Å². The molecule has 2 rings (SSSR count). The first-order chi connectivity index (χ1) is 8.10. The first kappa shape index (κ1) is 11.7. The van der Waals surface area contributed by atoms with Crippen LogP contribution in [0.25, 0.3) is 10.9 Å². The van der Waals surface area contributed by atoms with Crippen LogP contribution in [-0.4, -0.2) is 37.9 Å². The first-order valence-corrected chi connectivity index (χ1v) is 5.55. The van der Waals surface area contributed by atoms with Gasteiger partial charge in [-0.1, -0.05) is 0 Å². The summed E-state index contributed by atoms with van der Waals surface area (Å²) >= 11 is 0.712. The number of hydrogen-bond acceptors (Lipinski definition) is 5. The molecule has 2 aromatic rings. The highest BCUT2D eigenvalue weighted by atomic mass is 32.2. The van der Waals surface area contributed by atoms with Crippen LogP contribution in [0, 0.1) is 0 Å². The van der Waals surface area contributed by atoms with Crippen LogP contribution in [0.15, 0.2) is 24.4 Å². The Kier molecular flexibility index (Phi) is 3.21. The summed E-state index contributed by atoms with van der Waals surface area (Å²) in [6, 6.07) is 5.31. The van der Waals surface area contributed by atoms with Crippen molar-refractivity contribution in [3.8, 4) is 5.75 Å². The number of aromatic nitrogens is 2. The molecule has 1 unspecified atom stereocenters. The lowest BCUT2D eigenvalue weighted by atomic mass is 10.2. The van der Waals surface area contributed by atoms with Crippen molar-refractivity contribution in [2.45, 2.75) is 5.44 Å². The Morgan fingerprint density at radius 2 is 2.35 bits per heavy atom. The standard InChI is InChI=1S/C10H10N2O4S/c1-16-7-2-3-8-6(4-7)5-12(11-8)17-10(15)9(13)14/h2-5,10,15H,1H3,(H,13,14). The number of ether oxygens (including phenoxy) is 1. The van der Waals surface area contributed by atoms with Crippen molar-refractivity contribution in [1.82, 2.24) is 9.19 Å². The molecule has 2 N–H and O–H groups in total. The Bertz CT molecular complexity index is 554. The number of aliphatic hydroxyl groups excluding tert-OH is 1. The Morgan fingerprint density at radius 1 is 1.59 bits per heavy atom. The number of fused-ring (bicyclic) bond motifs is 1. The summed E-state index contributed by atoms with van der Waals surface area (Å²) in [7, 11) is 1.56. The average Bonchev–Trinajstić information content (AvgIpc) is 2.69. The van der Waals surface area contributed by atoms with Crippen molar-refractivity contribution in [1.29, 1.82) is 0 Å². The third kappa shape index (κ3) is 2.51. The molecular formula is C10H10N2O4S. The van der Waals surface area contributed by atoms with E-state index in [1.54, 1.807) is 31.5 Å². The maximum Gasteiger partial charge on any atom is 0.345 e. The molecule has 7 heteroatoms. The second-order valence-corrected chi connectivity index (χ2v) is 4.28. The number of nitrogens with zero attached hydrogens (tertiary/aromatic N) is 2. The number of carbonyl (C=O) groups is 1. The highest BCUT2D eigenvalue weighted by Gasteiger charge is 2.15. The summed E-state index contributed by atoms with van der Waals surface area (Å²) in [4.78, 5) is 10.5. The smallest absolute Gasteiger partial charge is 0.345 e. The first-order valence-electron chi connectivity index (χ1n) is 4.71. The topological polar surface area (TPSA) is 84.6 Å². The second kappa shape index (κ2) is 4.64. The SMILES string of the molecule is COc1ccc2nn(SC(O)C(=O)O)cc2c1. The maximum absolute atomic E-state index is 10.5. The summed E-state index contributed by atoms with van der Waals surface area (Å²) in [5.41, 5.74) is -0.831. The summed E-state index contributed by atoms with van der Waals surface area (Å²) in [6.45, 7) is 0. The molecule has 1 aromatic carbocycles. The quantitative estimate of drug-likeness (QED) is 0.790. The van der Waals surface area contributed by atoms with Gasteiger partial charge in [-0.2, -0.15) is 5.10 Å². The van der Waals surface area contributed by atoms with Crippen LogP contribution in [0.2, 0.25) is 0 Å². The fraction of sp³-hybridized carbons (Fsp3) is 0.200. The van der Waals surface area contributed by atoms with Gasteiger partial charge >= 0.3 is 5.97 Å². The molecule has 0 aliphatic rings. The van der Waals surface area contributed by atoms with Crippen LogP contribution in [0.3, 0.4) is 0 Å². The van der Waals surface area contributed by atoms with Gasteiger partial charge in [-0.15, -0.1) is 0 Å². The van der Waals surface area contributed by atoms with Gasteiger partial charge in [0.15, 0.2) is 0 Å². The molecule has 90 valence electrons. The Hall–Kier alpha value is -1.73. The van der Waals surface area contributed by atoms with Gasteiger partial charge < -0.3 is 14.9 Å². The lowest BCUT2D eigenvalue weighted by molar-refractivity contribution is -0.141. The third-order valence-corrected chi connectivity index (χ3v) is 2.91. The number of methoxy groups -OCH3 is 1. The number of carboxylic acids is 1. The van der Waals surface area contributed by atoms with Gasteiger partial charge in [0.1, 0.15) is 5.75 Å². The molecule has 6 nitrogen and oxygen atoms in total. The Balaban J connectivity index is 2.28. The Labute approximate surface area is 101 Å². The van der Waals surface area contributed by atoms with E-state index < -0.39 is 11.4 Å². The number of rotatable bonds is 4. The van der Waals surface area contributed by atoms with Gasteiger partial charge in [0.2, 0.25) is 5.44 Å². The zero-order chi connectivity index (χ0) is 12.4. The molecular weight excluding hydrogens is 244 g/mol.